The summed E-state index contributed by atoms with van der Waals surface area (Å²) in [6.45, 7) is 5.17. The van der Waals surface area contributed by atoms with Crippen molar-refractivity contribution in [1.29, 1.82) is 0 Å². The average molecular weight is 350 g/mol. The molecule has 136 valence electrons. The molecule has 1 aromatic carbocycles. The van der Waals surface area contributed by atoms with Crippen LogP contribution >= 0.6 is 0 Å². The van der Waals surface area contributed by atoms with Gasteiger partial charge in [0.2, 0.25) is 0 Å². The molecule has 25 heavy (non-hydrogen) atoms. The van der Waals surface area contributed by atoms with Crippen LogP contribution in [0.15, 0.2) is 36.4 Å². The lowest BCUT2D eigenvalue weighted by Gasteiger charge is -2.37. The molecule has 0 N–H and O–H groups in total. The minimum atomic E-state index is -4.27. The molecule has 0 spiro atoms. The zero-order valence-corrected chi connectivity index (χ0v) is 14.4. The molecule has 4 rings (SSSR count). The van der Waals surface area contributed by atoms with Crippen molar-refractivity contribution in [3.8, 4) is 0 Å². The van der Waals surface area contributed by atoms with Crippen molar-refractivity contribution >= 4 is 0 Å². The number of allylic oxidation sites excluding steroid dienone is 2. The minimum Gasteiger partial charge on any atom is -0.300 e. The van der Waals surface area contributed by atoms with Crippen LogP contribution in [0.3, 0.4) is 0 Å². The second kappa shape index (κ2) is 6.76. The van der Waals surface area contributed by atoms with Crippen LogP contribution in [0.2, 0.25) is 0 Å². The monoisotopic (exact) mass is 350 g/mol. The zero-order chi connectivity index (χ0) is 17.4. The van der Waals surface area contributed by atoms with Gasteiger partial charge < -0.3 is 4.90 Å². The summed E-state index contributed by atoms with van der Waals surface area (Å²) in [6, 6.07) is 5.96. The van der Waals surface area contributed by atoms with Crippen LogP contribution in [-0.2, 0) is 12.7 Å². The minimum absolute atomic E-state index is 0.389. The Labute approximate surface area is 147 Å². The number of piperazine rings is 1. The van der Waals surface area contributed by atoms with Gasteiger partial charge >= 0.3 is 6.18 Å². The lowest BCUT2D eigenvalue weighted by atomic mass is 9.93. The molecular weight excluding hydrogens is 325 g/mol. The Morgan fingerprint density at radius 3 is 2.28 bits per heavy atom. The maximum Gasteiger partial charge on any atom is 0.416 e. The highest BCUT2D eigenvalue weighted by atomic mass is 19.4. The average Bonchev–Trinajstić information content (AvgIpc) is 3.19. The first-order valence-electron chi connectivity index (χ1n) is 9.27. The van der Waals surface area contributed by atoms with Crippen LogP contribution in [0.4, 0.5) is 13.2 Å². The lowest BCUT2D eigenvalue weighted by Crippen LogP contribution is -2.47. The zero-order valence-electron chi connectivity index (χ0n) is 14.4. The Bertz CT molecular complexity index is 632. The first kappa shape index (κ1) is 17.1. The van der Waals surface area contributed by atoms with Crippen LogP contribution in [0.1, 0.15) is 24.0 Å². The number of fused-ring (bicyclic) bond motifs is 2. The van der Waals surface area contributed by atoms with Crippen molar-refractivity contribution in [2.45, 2.75) is 25.6 Å². The third-order valence-electron chi connectivity index (χ3n) is 6.09. The molecular formula is C20H25F3N2. The number of alkyl halides is 3. The van der Waals surface area contributed by atoms with Gasteiger partial charge in [-0.2, -0.15) is 13.2 Å². The Morgan fingerprint density at radius 1 is 0.920 bits per heavy atom. The van der Waals surface area contributed by atoms with Gasteiger partial charge in [-0.1, -0.05) is 30.4 Å². The first-order chi connectivity index (χ1) is 12.0. The van der Waals surface area contributed by atoms with Crippen LogP contribution < -0.4 is 0 Å². The molecule has 0 aromatic heterocycles. The normalized spacial score (nSPS) is 30.3. The number of benzene rings is 1. The second-order valence-corrected chi connectivity index (χ2v) is 7.77. The van der Waals surface area contributed by atoms with Gasteiger partial charge in [0.1, 0.15) is 0 Å². The van der Waals surface area contributed by atoms with Crippen molar-refractivity contribution in [1.82, 2.24) is 9.80 Å². The predicted molar refractivity (Wildman–Crippen MR) is 92.0 cm³/mol. The molecule has 0 amide bonds. The van der Waals surface area contributed by atoms with E-state index in [0.29, 0.717) is 12.1 Å². The molecule has 3 aliphatic rings. The molecule has 1 saturated heterocycles. The molecule has 0 radical (unpaired) electrons. The van der Waals surface area contributed by atoms with Crippen molar-refractivity contribution in [2.75, 3.05) is 32.7 Å². The number of hydrogen-bond acceptors (Lipinski definition) is 2. The van der Waals surface area contributed by atoms with Gasteiger partial charge in [-0.25, -0.2) is 0 Å². The van der Waals surface area contributed by atoms with E-state index in [0.717, 1.165) is 50.5 Å². The Balaban J connectivity index is 1.30. The summed E-state index contributed by atoms with van der Waals surface area (Å²) >= 11 is 0. The van der Waals surface area contributed by atoms with Crippen molar-refractivity contribution in [3.63, 3.8) is 0 Å². The third kappa shape index (κ3) is 3.77. The SMILES string of the molecule is FC(F)(F)c1ccccc1CN1CCN(C[C@H]2C[C@@H]3C=C[C@H]2C3)CC1. The van der Waals surface area contributed by atoms with Gasteiger partial charge in [0.05, 0.1) is 5.56 Å². The van der Waals surface area contributed by atoms with Crippen molar-refractivity contribution in [2.24, 2.45) is 17.8 Å². The highest BCUT2D eigenvalue weighted by Crippen LogP contribution is 2.43. The summed E-state index contributed by atoms with van der Waals surface area (Å²) in [6.07, 6.45) is 3.15. The smallest absolute Gasteiger partial charge is 0.300 e. The number of halogens is 3. The molecule has 1 aliphatic heterocycles. The standard InChI is InChI=1S/C20H25F3N2/c21-20(22,23)19-4-2-1-3-17(19)13-24-7-9-25(10-8-24)14-18-12-15-5-6-16(18)11-15/h1-6,15-16,18H,7-14H2/t15-,16+,18-/m1/s1. The fourth-order valence-corrected chi connectivity index (χ4v) is 4.74. The molecule has 0 unspecified atom stereocenters. The van der Waals surface area contributed by atoms with Crippen LogP contribution in [0, 0.1) is 17.8 Å². The van der Waals surface area contributed by atoms with E-state index < -0.39 is 11.7 Å². The van der Waals surface area contributed by atoms with E-state index in [1.807, 2.05) is 0 Å². The fraction of sp³-hybridized carbons (Fsp3) is 0.600. The maximum absolute atomic E-state index is 13.1. The molecule has 5 heteroatoms. The topological polar surface area (TPSA) is 6.48 Å². The van der Waals surface area contributed by atoms with E-state index in [2.05, 4.69) is 22.0 Å². The molecule has 2 nitrogen and oxygen atoms in total. The van der Waals surface area contributed by atoms with Gasteiger partial charge in [-0.15, -0.1) is 0 Å². The Kier molecular flexibility index (Phi) is 4.63. The van der Waals surface area contributed by atoms with E-state index in [-0.39, 0.29) is 0 Å². The van der Waals surface area contributed by atoms with E-state index in [4.69, 9.17) is 0 Å². The maximum atomic E-state index is 13.1. The largest absolute Gasteiger partial charge is 0.416 e. The summed E-state index contributed by atoms with van der Waals surface area (Å²) in [5, 5.41) is 0. The predicted octanol–water partition coefficient (Wildman–Crippen LogP) is 4.04. The quantitative estimate of drug-likeness (QED) is 0.757. The van der Waals surface area contributed by atoms with E-state index >= 15 is 0 Å². The molecule has 1 aromatic rings. The van der Waals surface area contributed by atoms with Crippen molar-refractivity contribution < 1.29 is 13.2 Å². The first-order valence-corrected chi connectivity index (χ1v) is 9.27. The third-order valence-corrected chi connectivity index (χ3v) is 6.09. The van der Waals surface area contributed by atoms with Gasteiger partial charge in [0.15, 0.2) is 0 Å². The van der Waals surface area contributed by atoms with E-state index in [1.54, 1.807) is 12.1 Å². The molecule has 2 aliphatic carbocycles. The van der Waals surface area contributed by atoms with Gasteiger partial charge in [0.25, 0.3) is 0 Å². The highest BCUT2D eigenvalue weighted by Gasteiger charge is 2.37. The molecule has 2 bridgehead atoms. The fourth-order valence-electron chi connectivity index (χ4n) is 4.74. The summed E-state index contributed by atoms with van der Waals surface area (Å²) in [5.41, 5.74) is -0.104. The number of hydrogen-bond donors (Lipinski definition) is 0. The van der Waals surface area contributed by atoms with Crippen LogP contribution in [0.5, 0.6) is 0 Å². The Morgan fingerprint density at radius 2 is 1.64 bits per heavy atom. The molecule has 3 atom stereocenters. The number of rotatable bonds is 4. The van der Waals surface area contributed by atoms with E-state index in [9.17, 15) is 13.2 Å². The highest BCUT2D eigenvalue weighted by molar-refractivity contribution is 5.29. The number of nitrogens with zero attached hydrogens (tertiary/aromatic N) is 2. The summed E-state index contributed by atoms with van der Waals surface area (Å²) < 4.78 is 39.4. The lowest BCUT2D eigenvalue weighted by molar-refractivity contribution is -0.138. The van der Waals surface area contributed by atoms with Crippen LogP contribution in [0.25, 0.3) is 0 Å². The second-order valence-electron chi connectivity index (χ2n) is 7.77. The van der Waals surface area contributed by atoms with Crippen LogP contribution in [-0.4, -0.2) is 42.5 Å². The molecule has 1 heterocycles. The summed E-state index contributed by atoms with van der Waals surface area (Å²) in [7, 11) is 0. The van der Waals surface area contributed by atoms with Gasteiger partial charge in [-0.05, 0) is 42.2 Å². The molecule has 1 saturated carbocycles. The van der Waals surface area contributed by atoms with Gasteiger partial charge in [-0.3, -0.25) is 4.90 Å². The Hall–Kier alpha value is -1.33. The summed E-state index contributed by atoms with van der Waals surface area (Å²) in [4.78, 5) is 4.66. The molecule has 2 fully saturated rings. The summed E-state index contributed by atoms with van der Waals surface area (Å²) in [5.74, 6) is 2.35. The van der Waals surface area contributed by atoms with Gasteiger partial charge in [0, 0.05) is 39.3 Å². The van der Waals surface area contributed by atoms with E-state index in [1.165, 1.54) is 25.0 Å². The van der Waals surface area contributed by atoms with Crippen molar-refractivity contribution in [3.05, 3.63) is 47.5 Å².